The minimum atomic E-state index is -2.51. The smallest absolute Gasteiger partial charge is 0.261 e. The predicted octanol–water partition coefficient (Wildman–Crippen LogP) is 4.60. The minimum absolute atomic E-state index is 0.0263. The standard InChI is InChI=1S/C27H31NO2Si/c1-27(2,3)31(23-15-9-5-10-16-23,24-17-11-6-12-18-24)29-21-26-25(30-26)20-28-19-22-13-7-4-8-14-22/h4-18,20,25-26H,19,21H2,1-3H3/t25-,26+/m1/s1. The third kappa shape index (κ3) is 4.87. The van der Waals surface area contributed by atoms with Crippen molar-refractivity contribution < 1.29 is 9.16 Å². The van der Waals surface area contributed by atoms with Crippen LogP contribution in [0.4, 0.5) is 0 Å². The molecule has 1 aliphatic heterocycles. The van der Waals surface area contributed by atoms with Crippen LogP contribution >= 0.6 is 0 Å². The summed E-state index contributed by atoms with van der Waals surface area (Å²) in [6.45, 7) is 8.15. The van der Waals surface area contributed by atoms with Crippen molar-refractivity contribution in [3.63, 3.8) is 0 Å². The number of hydrogen-bond acceptors (Lipinski definition) is 3. The molecule has 1 fully saturated rings. The quantitative estimate of drug-likeness (QED) is 0.298. The fraction of sp³-hybridized carbons (Fsp3) is 0.296. The summed E-state index contributed by atoms with van der Waals surface area (Å²) in [6.07, 6.45) is 2.05. The highest BCUT2D eigenvalue weighted by atomic mass is 28.4. The molecule has 0 radical (unpaired) electrons. The topological polar surface area (TPSA) is 34.1 Å². The van der Waals surface area contributed by atoms with Crippen molar-refractivity contribution in [2.45, 2.75) is 44.6 Å². The highest BCUT2D eigenvalue weighted by molar-refractivity contribution is 6.99. The lowest BCUT2D eigenvalue weighted by Gasteiger charge is -2.43. The van der Waals surface area contributed by atoms with Gasteiger partial charge in [-0.2, -0.15) is 0 Å². The summed E-state index contributed by atoms with van der Waals surface area (Å²) in [5.74, 6) is 0. The lowest BCUT2D eigenvalue weighted by Crippen LogP contribution is -2.66. The summed E-state index contributed by atoms with van der Waals surface area (Å²) in [4.78, 5) is 4.57. The monoisotopic (exact) mass is 429 g/mol. The molecule has 0 unspecified atom stereocenters. The highest BCUT2D eigenvalue weighted by Crippen LogP contribution is 2.37. The van der Waals surface area contributed by atoms with E-state index in [9.17, 15) is 0 Å². The van der Waals surface area contributed by atoms with Crippen LogP contribution < -0.4 is 10.4 Å². The maximum atomic E-state index is 6.94. The van der Waals surface area contributed by atoms with E-state index in [1.807, 2.05) is 24.4 Å². The first kappa shape index (κ1) is 21.7. The maximum absolute atomic E-state index is 6.94. The van der Waals surface area contributed by atoms with Gasteiger partial charge in [-0.05, 0) is 21.0 Å². The van der Waals surface area contributed by atoms with E-state index in [2.05, 4.69) is 98.6 Å². The Morgan fingerprint density at radius 1 is 0.839 bits per heavy atom. The Labute approximate surface area is 186 Å². The maximum Gasteiger partial charge on any atom is 0.261 e. The van der Waals surface area contributed by atoms with Crippen LogP contribution in [0.5, 0.6) is 0 Å². The summed E-state index contributed by atoms with van der Waals surface area (Å²) in [5.41, 5.74) is 1.21. The molecule has 0 aliphatic carbocycles. The molecule has 3 aromatic rings. The molecular weight excluding hydrogens is 398 g/mol. The fourth-order valence-corrected chi connectivity index (χ4v) is 8.81. The molecule has 0 aromatic heterocycles. The third-order valence-electron chi connectivity index (χ3n) is 5.87. The van der Waals surface area contributed by atoms with E-state index in [1.54, 1.807) is 0 Å². The van der Waals surface area contributed by atoms with E-state index in [4.69, 9.17) is 9.16 Å². The van der Waals surface area contributed by atoms with Gasteiger partial charge in [-0.3, -0.25) is 4.99 Å². The Bertz CT molecular complexity index is 945. The molecule has 0 spiro atoms. The number of aliphatic imine (C=N–C) groups is 1. The van der Waals surface area contributed by atoms with Gasteiger partial charge in [0.05, 0.1) is 13.2 Å². The van der Waals surface area contributed by atoms with Crippen LogP contribution in [0.15, 0.2) is 96.0 Å². The summed E-state index contributed by atoms with van der Waals surface area (Å²) < 4.78 is 12.8. The van der Waals surface area contributed by atoms with Gasteiger partial charge >= 0.3 is 0 Å². The zero-order chi connectivity index (χ0) is 21.7. The van der Waals surface area contributed by atoms with Crippen LogP contribution in [-0.4, -0.2) is 33.3 Å². The SMILES string of the molecule is CC(C)(C)[Si](OC[C@@H]1O[C@@H]1C=NCc1ccccc1)(c1ccccc1)c1ccccc1. The van der Waals surface area contributed by atoms with E-state index in [1.165, 1.54) is 15.9 Å². The number of hydrogen-bond donors (Lipinski definition) is 0. The summed E-state index contributed by atoms with van der Waals surface area (Å²) in [6, 6.07) is 31.8. The van der Waals surface area contributed by atoms with Crippen LogP contribution in [-0.2, 0) is 15.7 Å². The van der Waals surface area contributed by atoms with E-state index >= 15 is 0 Å². The Kier molecular flexibility index (Phi) is 6.51. The highest BCUT2D eigenvalue weighted by Gasteiger charge is 2.51. The molecule has 0 N–H and O–H groups in total. The van der Waals surface area contributed by atoms with Gasteiger partial charge < -0.3 is 9.16 Å². The second-order valence-corrected chi connectivity index (χ2v) is 13.4. The second-order valence-electron chi connectivity index (χ2n) is 9.09. The van der Waals surface area contributed by atoms with Crippen molar-refractivity contribution in [3.8, 4) is 0 Å². The largest absolute Gasteiger partial charge is 0.405 e. The van der Waals surface area contributed by atoms with Gasteiger partial charge in [0, 0.05) is 6.21 Å². The van der Waals surface area contributed by atoms with E-state index in [0.29, 0.717) is 13.2 Å². The first-order chi connectivity index (χ1) is 15.0. The molecule has 4 rings (SSSR count). The van der Waals surface area contributed by atoms with E-state index in [-0.39, 0.29) is 17.2 Å². The normalized spacial score (nSPS) is 18.9. The fourth-order valence-electron chi connectivity index (χ4n) is 4.24. The molecule has 3 nitrogen and oxygen atoms in total. The molecule has 1 heterocycles. The molecule has 0 bridgehead atoms. The number of ether oxygens (including phenoxy) is 1. The van der Waals surface area contributed by atoms with Gasteiger partial charge in [0.2, 0.25) is 0 Å². The Hall–Kier alpha value is -2.53. The van der Waals surface area contributed by atoms with Gasteiger partial charge in [0.15, 0.2) is 0 Å². The molecule has 1 aliphatic rings. The average Bonchev–Trinajstić information content (AvgIpc) is 3.54. The van der Waals surface area contributed by atoms with Crippen LogP contribution in [0, 0.1) is 0 Å². The number of benzene rings is 3. The number of nitrogens with zero attached hydrogens (tertiary/aromatic N) is 1. The first-order valence-electron chi connectivity index (χ1n) is 10.9. The summed E-state index contributed by atoms with van der Waals surface area (Å²) >= 11 is 0. The van der Waals surface area contributed by atoms with Crippen LogP contribution in [0.25, 0.3) is 0 Å². The summed E-state index contributed by atoms with van der Waals surface area (Å²) in [5, 5.41) is 2.56. The van der Waals surface area contributed by atoms with Gasteiger partial charge in [-0.15, -0.1) is 0 Å². The Balaban J connectivity index is 1.50. The molecule has 160 valence electrons. The van der Waals surface area contributed by atoms with Gasteiger partial charge in [0.1, 0.15) is 12.2 Å². The molecule has 4 heteroatoms. The first-order valence-corrected chi connectivity index (χ1v) is 12.9. The molecule has 0 amide bonds. The third-order valence-corrected chi connectivity index (χ3v) is 10.9. The van der Waals surface area contributed by atoms with Crippen molar-refractivity contribution in [1.82, 2.24) is 0 Å². The lowest BCUT2D eigenvalue weighted by molar-refractivity contribution is 0.249. The van der Waals surface area contributed by atoms with Crippen molar-refractivity contribution >= 4 is 24.9 Å². The molecule has 2 atom stereocenters. The van der Waals surface area contributed by atoms with Crippen LogP contribution in [0.1, 0.15) is 26.3 Å². The van der Waals surface area contributed by atoms with Crippen LogP contribution in [0.2, 0.25) is 5.04 Å². The van der Waals surface area contributed by atoms with Gasteiger partial charge in [-0.1, -0.05) is 112 Å². The van der Waals surface area contributed by atoms with Crippen molar-refractivity contribution in [2.24, 2.45) is 4.99 Å². The van der Waals surface area contributed by atoms with Crippen LogP contribution in [0.3, 0.4) is 0 Å². The van der Waals surface area contributed by atoms with Crippen molar-refractivity contribution in [3.05, 3.63) is 96.6 Å². The minimum Gasteiger partial charge on any atom is -0.405 e. The van der Waals surface area contributed by atoms with Crippen molar-refractivity contribution in [2.75, 3.05) is 6.61 Å². The second kappa shape index (κ2) is 9.31. The van der Waals surface area contributed by atoms with Crippen molar-refractivity contribution in [1.29, 1.82) is 0 Å². The molecule has 0 saturated carbocycles. The molecular formula is C27H31NO2Si. The molecule has 1 saturated heterocycles. The number of rotatable bonds is 8. The van der Waals surface area contributed by atoms with Gasteiger partial charge in [-0.25, -0.2) is 0 Å². The van der Waals surface area contributed by atoms with E-state index < -0.39 is 8.32 Å². The number of epoxide rings is 1. The Morgan fingerprint density at radius 3 is 1.87 bits per heavy atom. The lowest BCUT2D eigenvalue weighted by atomic mass is 10.2. The van der Waals surface area contributed by atoms with E-state index in [0.717, 1.165) is 0 Å². The molecule has 31 heavy (non-hydrogen) atoms. The Morgan fingerprint density at radius 2 is 1.35 bits per heavy atom. The summed E-state index contributed by atoms with van der Waals surface area (Å²) in [7, 11) is -2.51. The average molecular weight is 430 g/mol. The van der Waals surface area contributed by atoms with Gasteiger partial charge in [0.25, 0.3) is 8.32 Å². The molecule has 3 aromatic carbocycles. The zero-order valence-corrected chi connectivity index (χ0v) is 19.6. The predicted molar refractivity (Wildman–Crippen MR) is 131 cm³/mol. The zero-order valence-electron chi connectivity index (χ0n) is 18.6.